The number of aliphatic hydroxyl groups excluding tert-OH is 1. The molecule has 0 aliphatic carbocycles. The van der Waals surface area contributed by atoms with Gasteiger partial charge in [0.15, 0.2) is 5.82 Å². The zero-order chi connectivity index (χ0) is 15.2. The van der Waals surface area contributed by atoms with Gasteiger partial charge in [0.1, 0.15) is 0 Å². The van der Waals surface area contributed by atoms with E-state index in [1.165, 1.54) is 5.56 Å². The molecule has 21 heavy (non-hydrogen) atoms. The average Bonchev–Trinajstić information content (AvgIpc) is 2.94. The van der Waals surface area contributed by atoms with Crippen molar-refractivity contribution in [3.8, 4) is 0 Å². The Morgan fingerprint density at radius 1 is 1.24 bits per heavy atom. The van der Waals surface area contributed by atoms with Gasteiger partial charge in [-0.15, -0.1) is 0 Å². The normalized spacial score (nSPS) is 12.8. The Labute approximate surface area is 125 Å². The first-order valence-corrected chi connectivity index (χ1v) is 7.40. The number of nitrogens with zero attached hydrogens (tertiary/aromatic N) is 3. The molecule has 0 aliphatic rings. The van der Waals surface area contributed by atoms with E-state index in [1.807, 2.05) is 38.1 Å². The van der Waals surface area contributed by atoms with Crippen molar-refractivity contribution in [1.29, 1.82) is 0 Å². The maximum atomic E-state index is 10.3. The molecule has 2 rings (SSSR count). The predicted octanol–water partition coefficient (Wildman–Crippen LogP) is 2.50. The summed E-state index contributed by atoms with van der Waals surface area (Å²) in [7, 11) is 0. The quantitative estimate of drug-likeness (QED) is 0.848. The van der Waals surface area contributed by atoms with Crippen LogP contribution in [-0.2, 0) is 13.0 Å². The Balaban J connectivity index is 1.96. The number of aryl methyl sites for hydroxylation is 2. The lowest BCUT2D eigenvalue weighted by Gasteiger charge is -2.22. The molecular weight excluding hydrogens is 266 g/mol. The molecule has 0 spiro atoms. The van der Waals surface area contributed by atoms with E-state index in [0.717, 1.165) is 24.4 Å². The summed E-state index contributed by atoms with van der Waals surface area (Å²) in [5.74, 6) is 1.32. The second kappa shape index (κ2) is 7.33. The Bertz CT molecular complexity index is 551. The number of likely N-dealkylation sites (N-methyl/N-ethyl adjacent to an activating group) is 1. The average molecular weight is 289 g/mol. The van der Waals surface area contributed by atoms with E-state index in [4.69, 9.17) is 4.52 Å². The minimum atomic E-state index is -0.515. The van der Waals surface area contributed by atoms with Crippen LogP contribution in [0, 0.1) is 6.92 Å². The van der Waals surface area contributed by atoms with E-state index in [-0.39, 0.29) is 0 Å². The molecule has 0 saturated heterocycles. The maximum Gasteiger partial charge on any atom is 0.240 e. The molecule has 0 aliphatic heterocycles. The van der Waals surface area contributed by atoms with Crippen LogP contribution in [0.2, 0.25) is 0 Å². The highest BCUT2D eigenvalue weighted by molar-refractivity contribution is 5.23. The minimum Gasteiger partial charge on any atom is -0.387 e. The number of aliphatic hydroxyl groups is 1. The van der Waals surface area contributed by atoms with Crippen molar-refractivity contribution in [1.82, 2.24) is 15.0 Å². The molecule has 2 aromatic rings. The molecule has 5 heteroatoms. The Morgan fingerprint density at radius 2 is 1.95 bits per heavy atom. The Morgan fingerprint density at radius 3 is 2.52 bits per heavy atom. The van der Waals surface area contributed by atoms with Gasteiger partial charge in [0.2, 0.25) is 5.89 Å². The molecular formula is C16H23N3O2. The van der Waals surface area contributed by atoms with Crippen molar-refractivity contribution in [2.75, 3.05) is 13.1 Å². The van der Waals surface area contributed by atoms with E-state index >= 15 is 0 Å². The van der Waals surface area contributed by atoms with Crippen LogP contribution in [-0.4, -0.2) is 33.2 Å². The van der Waals surface area contributed by atoms with Crippen LogP contribution >= 0.6 is 0 Å². The van der Waals surface area contributed by atoms with Crippen molar-refractivity contribution >= 4 is 0 Å². The fraction of sp³-hybridized carbons (Fsp3) is 0.500. The summed E-state index contributed by atoms with van der Waals surface area (Å²) in [4.78, 5) is 6.40. The molecule has 1 atom stereocenters. The van der Waals surface area contributed by atoms with E-state index in [0.29, 0.717) is 19.0 Å². The zero-order valence-electron chi connectivity index (χ0n) is 12.9. The summed E-state index contributed by atoms with van der Waals surface area (Å²) in [5.41, 5.74) is 2.12. The molecule has 0 radical (unpaired) electrons. The summed E-state index contributed by atoms with van der Waals surface area (Å²) in [6.45, 7) is 8.00. The van der Waals surface area contributed by atoms with Gasteiger partial charge in [-0.3, -0.25) is 4.90 Å². The topological polar surface area (TPSA) is 62.4 Å². The summed E-state index contributed by atoms with van der Waals surface area (Å²) in [6.07, 6.45) is 0.251. The molecule has 114 valence electrons. The van der Waals surface area contributed by atoms with Crippen molar-refractivity contribution in [2.45, 2.75) is 39.8 Å². The fourth-order valence-corrected chi connectivity index (χ4v) is 2.13. The molecule has 0 saturated carbocycles. The van der Waals surface area contributed by atoms with Crippen LogP contribution in [0.3, 0.4) is 0 Å². The van der Waals surface area contributed by atoms with Crippen LogP contribution in [0.1, 0.15) is 42.8 Å². The predicted molar refractivity (Wildman–Crippen MR) is 80.8 cm³/mol. The van der Waals surface area contributed by atoms with Gasteiger partial charge in [-0.2, -0.15) is 4.98 Å². The smallest absolute Gasteiger partial charge is 0.240 e. The third-order valence-corrected chi connectivity index (χ3v) is 3.53. The Kier molecular flexibility index (Phi) is 5.47. The first-order chi connectivity index (χ1) is 10.1. The second-order valence-corrected chi connectivity index (χ2v) is 5.21. The van der Waals surface area contributed by atoms with Crippen LogP contribution in [0.25, 0.3) is 0 Å². The van der Waals surface area contributed by atoms with Gasteiger partial charge in [-0.25, -0.2) is 0 Å². The third-order valence-electron chi connectivity index (χ3n) is 3.53. The minimum absolute atomic E-state index is 0.515. The van der Waals surface area contributed by atoms with Crippen LogP contribution in [0.4, 0.5) is 0 Å². The van der Waals surface area contributed by atoms with Crippen LogP contribution < -0.4 is 0 Å². The molecule has 0 amide bonds. The van der Waals surface area contributed by atoms with Gasteiger partial charge < -0.3 is 9.63 Å². The second-order valence-electron chi connectivity index (χ2n) is 5.21. The van der Waals surface area contributed by atoms with Gasteiger partial charge >= 0.3 is 0 Å². The van der Waals surface area contributed by atoms with Gasteiger partial charge in [-0.1, -0.05) is 48.8 Å². The van der Waals surface area contributed by atoms with Crippen molar-refractivity contribution < 1.29 is 9.63 Å². The standard InChI is InChI=1S/C16H23N3O2/c1-4-15-17-16(21-18-15)11-19(5-2)10-14(20)13-8-6-12(3)7-9-13/h6-9,14,20H,4-5,10-11H2,1-3H3. The molecule has 0 bridgehead atoms. The lowest BCUT2D eigenvalue weighted by atomic mass is 10.1. The number of rotatable bonds is 7. The highest BCUT2D eigenvalue weighted by Crippen LogP contribution is 2.16. The van der Waals surface area contributed by atoms with Crippen LogP contribution in [0.5, 0.6) is 0 Å². The number of hydrogen-bond acceptors (Lipinski definition) is 5. The molecule has 1 aromatic carbocycles. The van der Waals surface area contributed by atoms with Crippen molar-refractivity contribution in [3.63, 3.8) is 0 Å². The first kappa shape index (κ1) is 15.7. The third kappa shape index (κ3) is 4.37. The van der Waals surface area contributed by atoms with Gasteiger partial charge in [-0.05, 0) is 19.0 Å². The van der Waals surface area contributed by atoms with Gasteiger partial charge in [0.05, 0.1) is 12.6 Å². The van der Waals surface area contributed by atoms with E-state index < -0.39 is 6.10 Å². The monoisotopic (exact) mass is 289 g/mol. The maximum absolute atomic E-state index is 10.3. The van der Waals surface area contributed by atoms with E-state index in [2.05, 4.69) is 22.0 Å². The summed E-state index contributed by atoms with van der Waals surface area (Å²) in [5, 5.41) is 14.2. The fourth-order valence-electron chi connectivity index (χ4n) is 2.13. The van der Waals surface area contributed by atoms with Crippen molar-refractivity contribution in [3.05, 3.63) is 47.1 Å². The lowest BCUT2D eigenvalue weighted by molar-refractivity contribution is 0.105. The first-order valence-electron chi connectivity index (χ1n) is 7.40. The molecule has 1 heterocycles. The Hall–Kier alpha value is -1.72. The summed E-state index contributed by atoms with van der Waals surface area (Å²) >= 11 is 0. The summed E-state index contributed by atoms with van der Waals surface area (Å²) in [6, 6.07) is 7.96. The van der Waals surface area contributed by atoms with Gasteiger partial charge in [0.25, 0.3) is 0 Å². The lowest BCUT2D eigenvalue weighted by Crippen LogP contribution is -2.28. The highest BCUT2D eigenvalue weighted by atomic mass is 16.5. The van der Waals surface area contributed by atoms with E-state index in [9.17, 15) is 5.11 Å². The van der Waals surface area contributed by atoms with Gasteiger partial charge in [0, 0.05) is 13.0 Å². The molecule has 1 aromatic heterocycles. The zero-order valence-corrected chi connectivity index (χ0v) is 12.9. The van der Waals surface area contributed by atoms with Crippen molar-refractivity contribution in [2.24, 2.45) is 0 Å². The number of hydrogen-bond donors (Lipinski definition) is 1. The highest BCUT2D eigenvalue weighted by Gasteiger charge is 2.15. The molecule has 1 unspecified atom stereocenters. The van der Waals surface area contributed by atoms with E-state index in [1.54, 1.807) is 0 Å². The largest absolute Gasteiger partial charge is 0.387 e. The summed E-state index contributed by atoms with van der Waals surface area (Å²) < 4.78 is 5.21. The molecule has 1 N–H and O–H groups in total. The molecule has 0 fully saturated rings. The SMILES string of the molecule is CCc1noc(CN(CC)CC(O)c2ccc(C)cc2)n1. The molecule has 5 nitrogen and oxygen atoms in total. The number of benzene rings is 1. The van der Waals surface area contributed by atoms with Crippen LogP contribution in [0.15, 0.2) is 28.8 Å². The number of aromatic nitrogens is 2.